The fourth-order valence-electron chi connectivity index (χ4n) is 2.04. The summed E-state index contributed by atoms with van der Waals surface area (Å²) in [5, 5.41) is 18.4. The summed E-state index contributed by atoms with van der Waals surface area (Å²) in [7, 11) is 0. The van der Waals surface area contributed by atoms with Crippen LogP contribution in [0.1, 0.15) is 32.1 Å². The molecule has 1 unspecified atom stereocenters. The summed E-state index contributed by atoms with van der Waals surface area (Å²) in [6, 6.07) is 0. The predicted octanol–water partition coefficient (Wildman–Crippen LogP) is 0.139. The molecule has 0 radical (unpaired) electrons. The van der Waals surface area contributed by atoms with Crippen molar-refractivity contribution < 1.29 is 34.1 Å². The van der Waals surface area contributed by atoms with Crippen molar-refractivity contribution in [1.82, 2.24) is 0 Å². The van der Waals surface area contributed by atoms with Gasteiger partial charge in [-0.1, -0.05) is 0 Å². The Bertz CT molecular complexity index is 336. The van der Waals surface area contributed by atoms with E-state index in [0.717, 1.165) is 12.8 Å². The van der Waals surface area contributed by atoms with E-state index in [1.54, 1.807) is 0 Å². The molecular weight excluding hydrogens is 268 g/mol. The first-order valence-electron chi connectivity index (χ1n) is 6.64. The van der Waals surface area contributed by atoms with Crippen LogP contribution in [0.3, 0.4) is 0 Å². The minimum atomic E-state index is -1.30. The van der Waals surface area contributed by atoms with Crippen LogP contribution in [0.2, 0.25) is 0 Å². The lowest BCUT2D eigenvalue weighted by molar-refractivity contribution is -0.173. The Labute approximate surface area is 116 Å². The number of ether oxygens (including phenoxy) is 2. The van der Waals surface area contributed by atoms with Crippen molar-refractivity contribution in [1.29, 1.82) is 0 Å². The van der Waals surface area contributed by atoms with E-state index in [-0.39, 0.29) is 13.0 Å². The molecule has 0 aromatic carbocycles. The van der Waals surface area contributed by atoms with Crippen molar-refractivity contribution in [2.24, 2.45) is 5.92 Å². The second-order valence-corrected chi connectivity index (χ2v) is 4.75. The van der Waals surface area contributed by atoms with Gasteiger partial charge in [0.05, 0.1) is 18.4 Å². The number of aliphatic carboxylic acids is 1. The average molecular weight is 288 g/mol. The van der Waals surface area contributed by atoms with Crippen molar-refractivity contribution in [3.8, 4) is 0 Å². The number of hydrogen-bond donors (Lipinski definition) is 2. The van der Waals surface area contributed by atoms with E-state index in [0.29, 0.717) is 19.3 Å². The molecule has 0 aliphatic carbocycles. The molecular formula is C13H20O7. The Morgan fingerprint density at radius 2 is 2.15 bits per heavy atom. The summed E-state index contributed by atoms with van der Waals surface area (Å²) in [6.45, 7) is 0.254. The molecule has 114 valence electrons. The Balaban J connectivity index is 2.48. The number of rotatable bonds is 9. The number of aliphatic hydroxyl groups is 1. The largest absolute Gasteiger partial charge is 0.481 e. The van der Waals surface area contributed by atoms with E-state index in [1.807, 2.05) is 0 Å². The van der Waals surface area contributed by atoms with E-state index in [1.165, 1.54) is 0 Å². The molecule has 1 rings (SSSR count). The Kier molecular flexibility index (Phi) is 7.35. The molecule has 0 spiro atoms. The number of carboxylic acids is 1. The number of aldehydes is 1. The average Bonchev–Trinajstić information content (AvgIpc) is 2.43. The Morgan fingerprint density at radius 1 is 1.40 bits per heavy atom. The fourth-order valence-corrected chi connectivity index (χ4v) is 2.04. The number of carbonyl (C=O) groups is 3. The molecule has 0 bridgehead atoms. The number of Topliss-reactive ketones (excluding diaryl/α,β-unsaturated/α-hetero) is 1. The summed E-state index contributed by atoms with van der Waals surface area (Å²) in [5.41, 5.74) is 0. The molecule has 0 aromatic rings. The van der Waals surface area contributed by atoms with Crippen molar-refractivity contribution >= 4 is 18.0 Å². The van der Waals surface area contributed by atoms with Gasteiger partial charge in [-0.3, -0.25) is 9.59 Å². The van der Waals surface area contributed by atoms with Gasteiger partial charge in [-0.2, -0.15) is 0 Å². The van der Waals surface area contributed by atoms with Crippen LogP contribution in [0.15, 0.2) is 0 Å². The molecule has 1 aliphatic heterocycles. The highest BCUT2D eigenvalue weighted by Crippen LogP contribution is 2.17. The lowest BCUT2D eigenvalue weighted by Gasteiger charge is -2.24. The molecule has 0 aromatic heterocycles. The lowest BCUT2D eigenvalue weighted by Crippen LogP contribution is -2.35. The third-order valence-corrected chi connectivity index (χ3v) is 3.16. The summed E-state index contributed by atoms with van der Waals surface area (Å²) in [6.07, 6.45) is 0.491. The van der Waals surface area contributed by atoms with E-state index < -0.39 is 36.5 Å². The Hall–Kier alpha value is -1.31. The zero-order valence-electron chi connectivity index (χ0n) is 11.2. The van der Waals surface area contributed by atoms with Gasteiger partial charge in [-0.15, -0.1) is 0 Å². The number of carbonyl (C=O) groups excluding carboxylic acids is 2. The maximum Gasteiger partial charge on any atom is 0.304 e. The van der Waals surface area contributed by atoms with Gasteiger partial charge in [0.1, 0.15) is 12.9 Å². The van der Waals surface area contributed by atoms with E-state index in [2.05, 4.69) is 0 Å². The SMILES string of the molecule is O=CC[C@H](O)[C@H](CC(=O)O)C(=O)COC1CCCCO1. The van der Waals surface area contributed by atoms with Gasteiger partial charge in [-0.25, -0.2) is 0 Å². The topological polar surface area (TPSA) is 110 Å². The maximum absolute atomic E-state index is 11.9. The van der Waals surface area contributed by atoms with Gasteiger partial charge in [0, 0.05) is 13.0 Å². The van der Waals surface area contributed by atoms with Crippen molar-refractivity contribution in [2.75, 3.05) is 13.2 Å². The molecule has 1 heterocycles. The van der Waals surface area contributed by atoms with Crippen LogP contribution in [-0.2, 0) is 23.9 Å². The minimum Gasteiger partial charge on any atom is -0.481 e. The van der Waals surface area contributed by atoms with Crippen molar-refractivity contribution in [2.45, 2.75) is 44.5 Å². The molecule has 0 amide bonds. The molecule has 20 heavy (non-hydrogen) atoms. The first-order chi connectivity index (χ1) is 9.54. The molecule has 7 heteroatoms. The highest BCUT2D eigenvalue weighted by Gasteiger charge is 2.29. The quantitative estimate of drug-likeness (QED) is 0.580. The third kappa shape index (κ3) is 5.77. The molecule has 1 aliphatic rings. The van der Waals surface area contributed by atoms with Crippen molar-refractivity contribution in [3.63, 3.8) is 0 Å². The van der Waals surface area contributed by atoms with E-state index >= 15 is 0 Å². The van der Waals surface area contributed by atoms with Crippen LogP contribution in [0, 0.1) is 5.92 Å². The Morgan fingerprint density at radius 3 is 2.70 bits per heavy atom. The van der Waals surface area contributed by atoms with Gasteiger partial charge in [0.15, 0.2) is 12.1 Å². The number of carboxylic acid groups (broad SMARTS) is 1. The minimum absolute atomic E-state index is 0.274. The summed E-state index contributed by atoms with van der Waals surface area (Å²) in [5.74, 6) is -2.88. The molecule has 0 saturated carbocycles. The highest BCUT2D eigenvalue weighted by atomic mass is 16.7. The normalized spacial score (nSPS) is 21.9. The number of hydrogen-bond acceptors (Lipinski definition) is 6. The van der Waals surface area contributed by atoms with Crippen LogP contribution in [-0.4, -0.2) is 53.9 Å². The van der Waals surface area contributed by atoms with Crippen molar-refractivity contribution in [3.05, 3.63) is 0 Å². The summed E-state index contributed by atoms with van der Waals surface area (Å²) >= 11 is 0. The number of ketones is 1. The lowest BCUT2D eigenvalue weighted by atomic mass is 9.92. The van der Waals surface area contributed by atoms with Crippen LogP contribution < -0.4 is 0 Å². The first kappa shape index (κ1) is 16.7. The maximum atomic E-state index is 11.9. The molecule has 7 nitrogen and oxygen atoms in total. The summed E-state index contributed by atoms with van der Waals surface area (Å²) < 4.78 is 10.6. The predicted molar refractivity (Wildman–Crippen MR) is 67.0 cm³/mol. The highest BCUT2D eigenvalue weighted by molar-refractivity contribution is 5.86. The first-order valence-corrected chi connectivity index (χ1v) is 6.64. The third-order valence-electron chi connectivity index (χ3n) is 3.16. The second kappa shape index (κ2) is 8.78. The zero-order chi connectivity index (χ0) is 15.0. The fraction of sp³-hybridized carbons (Fsp3) is 0.769. The van der Waals surface area contributed by atoms with Gasteiger partial charge >= 0.3 is 5.97 Å². The van der Waals surface area contributed by atoms with Crippen LogP contribution in [0.25, 0.3) is 0 Å². The van der Waals surface area contributed by atoms with Gasteiger partial charge < -0.3 is 24.5 Å². The van der Waals surface area contributed by atoms with Gasteiger partial charge in [0.25, 0.3) is 0 Å². The molecule has 3 atom stereocenters. The monoisotopic (exact) mass is 288 g/mol. The smallest absolute Gasteiger partial charge is 0.304 e. The van der Waals surface area contributed by atoms with E-state index in [9.17, 15) is 19.5 Å². The molecule has 1 saturated heterocycles. The van der Waals surface area contributed by atoms with Crippen LogP contribution in [0.5, 0.6) is 0 Å². The van der Waals surface area contributed by atoms with Gasteiger partial charge in [0.2, 0.25) is 0 Å². The van der Waals surface area contributed by atoms with Crippen LogP contribution >= 0.6 is 0 Å². The summed E-state index contributed by atoms with van der Waals surface area (Å²) in [4.78, 5) is 33.0. The van der Waals surface area contributed by atoms with Crippen LogP contribution in [0.4, 0.5) is 0 Å². The second-order valence-electron chi connectivity index (χ2n) is 4.75. The molecule has 1 fully saturated rings. The number of aliphatic hydroxyl groups excluding tert-OH is 1. The molecule has 2 N–H and O–H groups in total. The zero-order valence-corrected chi connectivity index (χ0v) is 11.2. The van der Waals surface area contributed by atoms with Gasteiger partial charge in [-0.05, 0) is 19.3 Å². The standard InChI is InChI=1S/C13H20O7/c14-5-4-10(15)9(7-12(17)18)11(16)8-20-13-3-1-2-6-19-13/h5,9-10,13,15H,1-4,6-8H2,(H,17,18)/t9-,10-,13?/m0/s1. The van der Waals surface area contributed by atoms with E-state index in [4.69, 9.17) is 14.6 Å².